The first kappa shape index (κ1) is 18.5. The van der Waals surface area contributed by atoms with Gasteiger partial charge in [0.2, 0.25) is 0 Å². The van der Waals surface area contributed by atoms with E-state index in [1.54, 1.807) is 6.08 Å². The zero-order valence-corrected chi connectivity index (χ0v) is 15.1. The summed E-state index contributed by atoms with van der Waals surface area (Å²) >= 11 is 1.23. The van der Waals surface area contributed by atoms with Crippen molar-refractivity contribution >= 4 is 40.4 Å². The average molecular weight is 447 g/mol. The lowest BCUT2D eigenvalue weighted by Crippen LogP contribution is -2.07. The Bertz CT molecular complexity index is 767. The maximum Gasteiger partial charge on any atom is 0.175 e. The Balaban J connectivity index is 2.20. The molecule has 0 aromatic heterocycles. The van der Waals surface area contributed by atoms with Gasteiger partial charge >= 0.3 is 0 Å². The van der Waals surface area contributed by atoms with Crippen molar-refractivity contribution in [3.8, 4) is 0 Å². The quantitative estimate of drug-likeness (QED) is 0.193. The largest absolute Gasteiger partial charge is 0.378 e. The highest BCUT2D eigenvalue weighted by Crippen LogP contribution is 2.26. The van der Waals surface area contributed by atoms with Crippen molar-refractivity contribution in [2.75, 3.05) is 19.0 Å². The third kappa shape index (κ3) is 3.98. The van der Waals surface area contributed by atoms with E-state index in [0.29, 0.717) is 0 Å². The minimum atomic E-state index is -1.40. The van der Waals surface area contributed by atoms with Crippen molar-refractivity contribution in [1.29, 1.82) is 0 Å². The molecular formula is C18H14F4IN. The standard InChI is InChI=1S/C18H14F4IN/c1-24(2)12-9-7-11(8-10-12)5-3-4-6-13-14(19)16(21)18(23)17(22)15(13)20/h3-10H,1-2H3/b5-3+,6-4+. The molecular weight excluding hydrogens is 433 g/mol. The molecule has 0 N–H and O–H groups in total. The molecule has 126 valence electrons. The van der Waals surface area contributed by atoms with Crippen LogP contribution in [-0.4, -0.2) is 14.1 Å². The number of halogens is 5. The van der Waals surface area contributed by atoms with Crippen LogP contribution in [0.2, 0.25) is 0 Å². The Morgan fingerprint density at radius 2 is 1.29 bits per heavy atom. The lowest BCUT2D eigenvalue weighted by Gasteiger charge is -2.11. The van der Waals surface area contributed by atoms with Crippen molar-refractivity contribution in [1.82, 2.24) is 0 Å². The third-order valence-electron chi connectivity index (χ3n) is 3.32. The van der Waals surface area contributed by atoms with Crippen LogP contribution >= 0.6 is 22.6 Å². The Labute approximate surface area is 151 Å². The minimum absolute atomic E-state index is 0.698. The summed E-state index contributed by atoms with van der Waals surface area (Å²) < 4.78 is 53.6. The lowest BCUT2D eigenvalue weighted by atomic mass is 10.1. The molecule has 0 aliphatic carbocycles. The first-order valence-corrected chi connectivity index (χ1v) is 8.04. The first-order chi connectivity index (χ1) is 11.3. The van der Waals surface area contributed by atoms with E-state index in [-0.39, 0.29) is 0 Å². The Kier molecular flexibility index (Phi) is 6.04. The summed E-state index contributed by atoms with van der Waals surface area (Å²) in [5, 5.41) is 0. The fraction of sp³-hybridized carbons (Fsp3) is 0.111. The van der Waals surface area contributed by atoms with Crippen LogP contribution in [0.1, 0.15) is 11.1 Å². The molecule has 2 aromatic rings. The number of benzene rings is 2. The maximum atomic E-state index is 13.7. The van der Waals surface area contributed by atoms with Gasteiger partial charge in [0.15, 0.2) is 23.3 Å². The van der Waals surface area contributed by atoms with Crippen LogP contribution in [0.3, 0.4) is 0 Å². The van der Waals surface area contributed by atoms with Gasteiger partial charge in [-0.3, -0.25) is 0 Å². The Morgan fingerprint density at radius 3 is 1.79 bits per heavy atom. The molecule has 0 amide bonds. The SMILES string of the molecule is CN(C)c1ccc(/C=C/C=C/c2c(F)c(F)c(I)c(F)c2F)cc1. The van der Waals surface area contributed by atoms with Crippen LogP contribution < -0.4 is 4.90 Å². The summed E-state index contributed by atoms with van der Waals surface area (Å²) in [6.45, 7) is 0. The molecule has 6 heteroatoms. The molecule has 0 spiro atoms. The van der Waals surface area contributed by atoms with Gasteiger partial charge in [-0.1, -0.05) is 30.4 Å². The van der Waals surface area contributed by atoms with Crippen LogP contribution in [-0.2, 0) is 0 Å². The monoisotopic (exact) mass is 447 g/mol. The molecule has 2 rings (SSSR count). The normalized spacial score (nSPS) is 11.6. The number of hydrogen-bond donors (Lipinski definition) is 0. The van der Waals surface area contributed by atoms with Crippen molar-refractivity contribution in [3.63, 3.8) is 0 Å². The predicted octanol–water partition coefficient (Wildman–Crippen LogP) is 5.64. The molecule has 0 bridgehead atoms. The topological polar surface area (TPSA) is 3.24 Å². The van der Waals surface area contributed by atoms with Crippen LogP contribution in [0.25, 0.3) is 12.2 Å². The fourth-order valence-electron chi connectivity index (χ4n) is 1.97. The molecule has 0 saturated heterocycles. The maximum absolute atomic E-state index is 13.7. The molecule has 0 saturated carbocycles. The Hall–Kier alpha value is -1.83. The molecule has 0 aliphatic heterocycles. The Morgan fingerprint density at radius 1 is 0.792 bits per heavy atom. The van der Waals surface area contributed by atoms with Crippen molar-refractivity contribution in [2.45, 2.75) is 0 Å². The van der Waals surface area contributed by atoms with Gasteiger partial charge in [0, 0.05) is 19.8 Å². The molecule has 0 atom stereocenters. The van der Waals surface area contributed by atoms with Crippen LogP contribution in [0.15, 0.2) is 36.4 Å². The van der Waals surface area contributed by atoms with Crippen molar-refractivity contribution in [3.05, 3.63) is 74.4 Å². The van der Waals surface area contributed by atoms with E-state index >= 15 is 0 Å². The second-order valence-corrected chi connectivity index (χ2v) is 6.27. The van der Waals surface area contributed by atoms with E-state index in [2.05, 4.69) is 0 Å². The van der Waals surface area contributed by atoms with Crippen molar-refractivity contribution in [2.24, 2.45) is 0 Å². The van der Waals surface area contributed by atoms with E-state index in [1.165, 1.54) is 34.7 Å². The van der Waals surface area contributed by atoms with Gasteiger partial charge in [0.25, 0.3) is 0 Å². The second kappa shape index (κ2) is 7.83. The second-order valence-electron chi connectivity index (χ2n) is 5.19. The molecule has 0 fully saturated rings. The molecule has 0 unspecified atom stereocenters. The highest BCUT2D eigenvalue weighted by atomic mass is 127. The highest BCUT2D eigenvalue weighted by molar-refractivity contribution is 14.1. The van der Waals surface area contributed by atoms with Gasteiger partial charge in [0.1, 0.15) is 0 Å². The number of anilines is 1. The number of rotatable bonds is 4. The molecule has 0 aliphatic rings. The highest BCUT2D eigenvalue weighted by Gasteiger charge is 2.22. The number of nitrogens with zero attached hydrogens (tertiary/aromatic N) is 1. The number of allylic oxidation sites excluding steroid dienone is 2. The molecule has 0 radical (unpaired) electrons. The first-order valence-electron chi connectivity index (χ1n) is 6.96. The van der Waals surface area contributed by atoms with Crippen molar-refractivity contribution < 1.29 is 17.6 Å². The average Bonchev–Trinajstić information content (AvgIpc) is 2.58. The van der Waals surface area contributed by atoms with Gasteiger partial charge in [-0.2, -0.15) is 0 Å². The van der Waals surface area contributed by atoms with Gasteiger partial charge in [-0.15, -0.1) is 0 Å². The van der Waals surface area contributed by atoms with Crippen LogP contribution in [0, 0.1) is 26.8 Å². The summed E-state index contributed by atoms with van der Waals surface area (Å²) in [6, 6.07) is 7.61. The summed E-state index contributed by atoms with van der Waals surface area (Å²) in [5.41, 5.74) is 1.18. The van der Waals surface area contributed by atoms with Crippen LogP contribution in [0.5, 0.6) is 0 Å². The van der Waals surface area contributed by atoms with E-state index in [9.17, 15) is 17.6 Å². The van der Waals surface area contributed by atoms with Crippen LogP contribution in [0.4, 0.5) is 23.2 Å². The van der Waals surface area contributed by atoms with E-state index in [4.69, 9.17) is 0 Å². The van der Waals surface area contributed by atoms with Gasteiger partial charge in [0.05, 0.1) is 9.13 Å². The lowest BCUT2D eigenvalue weighted by molar-refractivity contribution is 0.443. The third-order valence-corrected chi connectivity index (χ3v) is 4.26. The van der Waals surface area contributed by atoms with Gasteiger partial charge in [-0.05, 0) is 46.4 Å². The van der Waals surface area contributed by atoms with Gasteiger partial charge in [-0.25, -0.2) is 17.6 Å². The van der Waals surface area contributed by atoms with E-state index < -0.39 is 32.4 Å². The van der Waals surface area contributed by atoms with E-state index in [1.807, 2.05) is 43.3 Å². The molecule has 1 nitrogen and oxygen atoms in total. The minimum Gasteiger partial charge on any atom is -0.378 e. The molecule has 24 heavy (non-hydrogen) atoms. The van der Waals surface area contributed by atoms with E-state index in [0.717, 1.165) is 17.3 Å². The summed E-state index contributed by atoms with van der Waals surface area (Å²) in [5.74, 6) is -5.59. The number of hydrogen-bond acceptors (Lipinski definition) is 1. The predicted molar refractivity (Wildman–Crippen MR) is 97.8 cm³/mol. The smallest absolute Gasteiger partial charge is 0.175 e. The summed E-state index contributed by atoms with van der Waals surface area (Å²) in [7, 11) is 3.85. The zero-order chi connectivity index (χ0) is 17.9. The molecule has 2 aromatic carbocycles. The summed E-state index contributed by atoms with van der Waals surface area (Å²) in [4.78, 5) is 1.96. The van der Waals surface area contributed by atoms with Gasteiger partial charge < -0.3 is 4.90 Å². The zero-order valence-electron chi connectivity index (χ0n) is 13.0. The fourth-order valence-corrected chi connectivity index (χ4v) is 2.44. The molecule has 0 heterocycles. The summed E-state index contributed by atoms with van der Waals surface area (Å²) in [6.07, 6.45) is 5.58.